The summed E-state index contributed by atoms with van der Waals surface area (Å²) in [6.07, 6.45) is 1.77. The van der Waals surface area contributed by atoms with Crippen LogP contribution in [0.2, 0.25) is 0 Å². The Morgan fingerprint density at radius 1 is 1.18 bits per heavy atom. The maximum absolute atomic E-state index is 10.1. The summed E-state index contributed by atoms with van der Waals surface area (Å²) in [4.78, 5) is 29.8. The van der Waals surface area contributed by atoms with E-state index >= 15 is 0 Å². The first-order chi connectivity index (χ1) is 7.97. The van der Waals surface area contributed by atoms with Gasteiger partial charge in [0.15, 0.2) is 0 Å². The quantitative estimate of drug-likeness (QED) is 0.489. The van der Waals surface area contributed by atoms with Gasteiger partial charge in [0.2, 0.25) is 11.8 Å². The fourth-order valence-corrected chi connectivity index (χ4v) is 0.721. The van der Waals surface area contributed by atoms with Crippen LogP contribution < -0.4 is 5.32 Å². The molecule has 0 aromatic carbocycles. The van der Waals surface area contributed by atoms with E-state index in [1.54, 1.807) is 0 Å². The van der Waals surface area contributed by atoms with E-state index in [-0.39, 0.29) is 25.0 Å². The van der Waals surface area contributed by atoms with E-state index in [4.69, 9.17) is 15.3 Å². The highest BCUT2D eigenvalue weighted by Crippen LogP contribution is 1.95. The standard InChI is InChI=1S/C4H5NO2.C4H8O2.C2H6O2/c6-3-1-2-4(7)5-3;1-2-3-4(5)6;3-1-2-4/h1-2H2,(H,5,6,7);2-3H2,1H3,(H,5,6);3-4H,1-2H2. The lowest BCUT2D eigenvalue weighted by Crippen LogP contribution is -2.18. The van der Waals surface area contributed by atoms with Gasteiger partial charge in [0.25, 0.3) is 0 Å². The fourth-order valence-electron chi connectivity index (χ4n) is 0.721. The lowest BCUT2D eigenvalue weighted by Gasteiger charge is -1.79. The molecule has 1 heterocycles. The van der Waals surface area contributed by atoms with Crippen molar-refractivity contribution in [2.75, 3.05) is 13.2 Å². The molecule has 0 aromatic rings. The number of hydrogen-bond donors (Lipinski definition) is 4. The average Bonchev–Trinajstić information content (AvgIpc) is 2.63. The molecule has 1 fully saturated rings. The van der Waals surface area contributed by atoms with Crippen LogP contribution in [-0.2, 0) is 14.4 Å². The Labute approximate surface area is 99.4 Å². The lowest BCUT2D eigenvalue weighted by atomic mass is 10.4. The van der Waals surface area contributed by atoms with Gasteiger partial charge >= 0.3 is 5.97 Å². The third-order valence-corrected chi connectivity index (χ3v) is 1.42. The Kier molecular flexibility index (Phi) is 13.3. The van der Waals surface area contributed by atoms with Gasteiger partial charge in [-0.2, -0.15) is 0 Å². The summed E-state index contributed by atoms with van der Waals surface area (Å²) < 4.78 is 0. The van der Waals surface area contributed by atoms with Crippen molar-refractivity contribution in [1.29, 1.82) is 0 Å². The molecule has 0 saturated carbocycles. The first-order valence-corrected chi connectivity index (χ1v) is 5.24. The lowest BCUT2D eigenvalue weighted by molar-refractivity contribution is -0.137. The number of aliphatic hydroxyl groups is 2. The van der Waals surface area contributed by atoms with Crippen molar-refractivity contribution in [2.45, 2.75) is 32.6 Å². The Balaban J connectivity index is 0. The highest BCUT2D eigenvalue weighted by molar-refractivity contribution is 6.01. The molecule has 1 aliphatic heterocycles. The number of rotatable bonds is 3. The molecule has 1 rings (SSSR count). The second kappa shape index (κ2) is 12.6. The van der Waals surface area contributed by atoms with Crippen molar-refractivity contribution < 1.29 is 29.7 Å². The van der Waals surface area contributed by atoms with Gasteiger partial charge in [-0.15, -0.1) is 0 Å². The number of imide groups is 1. The molecular weight excluding hydrogens is 230 g/mol. The van der Waals surface area contributed by atoms with E-state index in [0.29, 0.717) is 19.3 Å². The zero-order chi connectivity index (χ0) is 13.7. The molecule has 0 unspecified atom stereocenters. The van der Waals surface area contributed by atoms with Crippen LogP contribution in [0.25, 0.3) is 0 Å². The van der Waals surface area contributed by atoms with E-state index in [1.165, 1.54) is 0 Å². The topological polar surface area (TPSA) is 124 Å². The second-order valence-corrected chi connectivity index (χ2v) is 3.06. The number of aliphatic carboxylic acids is 1. The number of carbonyl (C=O) groups is 3. The minimum absolute atomic E-state index is 0.125. The van der Waals surface area contributed by atoms with Crippen LogP contribution in [0.5, 0.6) is 0 Å². The number of amides is 2. The number of carboxylic acid groups (broad SMARTS) is 1. The summed E-state index contributed by atoms with van der Waals surface area (Å²) in [5.41, 5.74) is 0. The van der Waals surface area contributed by atoms with Gasteiger partial charge in [-0.3, -0.25) is 19.7 Å². The van der Waals surface area contributed by atoms with Crippen LogP contribution in [0, 0.1) is 0 Å². The van der Waals surface area contributed by atoms with Crippen molar-refractivity contribution >= 4 is 17.8 Å². The number of carboxylic acids is 1. The molecule has 7 nitrogen and oxygen atoms in total. The molecule has 0 atom stereocenters. The zero-order valence-electron chi connectivity index (χ0n) is 9.81. The monoisotopic (exact) mass is 249 g/mol. The van der Waals surface area contributed by atoms with E-state index in [9.17, 15) is 14.4 Å². The Morgan fingerprint density at radius 3 is 1.65 bits per heavy atom. The predicted octanol–water partition coefficient (Wildman–Crippen LogP) is -0.735. The average molecular weight is 249 g/mol. The summed E-state index contributed by atoms with van der Waals surface area (Å²) in [5, 5.41) is 25.3. The summed E-state index contributed by atoms with van der Waals surface area (Å²) in [5.74, 6) is -1.01. The van der Waals surface area contributed by atoms with Crippen molar-refractivity contribution in [3.63, 3.8) is 0 Å². The molecule has 0 spiro atoms. The van der Waals surface area contributed by atoms with Crippen LogP contribution in [0.3, 0.4) is 0 Å². The van der Waals surface area contributed by atoms with Gasteiger partial charge in [0.05, 0.1) is 13.2 Å². The molecular formula is C10H19NO6. The van der Waals surface area contributed by atoms with Gasteiger partial charge in [0, 0.05) is 19.3 Å². The van der Waals surface area contributed by atoms with E-state index in [0.717, 1.165) is 6.42 Å². The largest absolute Gasteiger partial charge is 0.481 e. The maximum atomic E-state index is 10.1. The van der Waals surface area contributed by atoms with Gasteiger partial charge in [-0.25, -0.2) is 0 Å². The fraction of sp³-hybridized carbons (Fsp3) is 0.700. The Hall–Kier alpha value is -1.47. The van der Waals surface area contributed by atoms with Crippen molar-refractivity contribution in [3.05, 3.63) is 0 Å². The first kappa shape index (κ1) is 17.9. The molecule has 1 saturated heterocycles. The number of nitrogens with one attached hydrogen (secondary N) is 1. The van der Waals surface area contributed by atoms with E-state index in [2.05, 4.69) is 5.32 Å². The zero-order valence-corrected chi connectivity index (χ0v) is 9.81. The SMILES string of the molecule is CCCC(=O)O.O=C1CCC(=O)N1.OCCO. The smallest absolute Gasteiger partial charge is 0.303 e. The molecule has 4 N–H and O–H groups in total. The molecule has 0 aliphatic carbocycles. The highest BCUT2D eigenvalue weighted by atomic mass is 16.4. The molecule has 1 aliphatic rings. The van der Waals surface area contributed by atoms with Crippen LogP contribution in [-0.4, -0.2) is 46.3 Å². The Bertz CT molecular complexity index is 225. The van der Waals surface area contributed by atoms with Gasteiger partial charge < -0.3 is 15.3 Å². The van der Waals surface area contributed by atoms with Gasteiger partial charge in [0.1, 0.15) is 0 Å². The number of hydrogen-bond acceptors (Lipinski definition) is 5. The summed E-state index contributed by atoms with van der Waals surface area (Å²) in [6.45, 7) is 1.59. The van der Waals surface area contributed by atoms with Crippen LogP contribution >= 0.6 is 0 Å². The molecule has 7 heteroatoms. The van der Waals surface area contributed by atoms with Crippen LogP contribution in [0.1, 0.15) is 32.6 Å². The van der Waals surface area contributed by atoms with Crippen molar-refractivity contribution in [1.82, 2.24) is 5.32 Å². The third kappa shape index (κ3) is 17.2. The maximum Gasteiger partial charge on any atom is 0.303 e. The first-order valence-electron chi connectivity index (χ1n) is 5.24. The number of aliphatic hydroxyl groups excluding tert-OH is 2. The van der Waals surface area contributed by atoms with E-state index < -0.39 is 5.97 Å². The highest BCUT2D eigenvalue weighted by Gasteiger charge is 2.15. The predicted molar refractivity (Wildman–Crippen MR) is 59.1 cm³/mol. The van der Waals surface area contributed by atoms with E-state index in [1.807, 2.05) is 6.92 Å². The molecule has 2 amide bonds. The van der Waals surface area contributed by atoms with Gasteiger partial charge in [-0.1, -0.05) is 6.92 Å². The molecule has 0 radical (unpaired) electrons. The molecule has 17 heavy (non-hydrogen) atoms. The normalized spacial score (nSPS) is 12.9. The minimum atomic E-state index is -0.711. The van der Waals surface area contributed by atoms with Crippen molar-refractivity contribution in [2.24, 2.45) is 0 Å². The van der Waals surface area contributed by atoms with Gasteiger partial charge in [-0.05, 0) is 6.42 Å². The molecule has 0 bridgehead atoms. The second-order valence-electron chi connectivity index (χ2n) is 3.06. The summed E-state index contributed by atoms with van der Waals surface area (Å²) >= 11 is 0. The van der Waals surface area contributed by atoms with Crippen molar-refractivity contribution in [3.8, 4) is 0 Å². The Morgan fingerprint density at radius 2 is 1.59 bits per heavy atom. The summed E-state index contributed by atoms with van der Waals surface area (Å²) in [7, 11) is 0. The van der Waals surface area contributed by atoms with Crippen LogP contribution in [0.15, 0.2) is 0 Å². The third-order valence-electron chi connectivity index (χ3n) is 1.42. The number of carbonyl (C=O) groups excluding carboxylic acids is 2. The molecule has 0 aromatic heterocycles. The minimum Gasteiger partial charge on any atom is -0.481 e. The summed E-state index contributed by atoms with van der Waals surface area (Å²) in [6, 6.07) is 0. The van der Waals surface area contributed by atoms with Crippen LogP contribution in [0.4, 0.5) is 0 Å². The molecule has 100 valence electrons.